The van der Waals surface area contributed by atoms with Crippen molar-refractivity contribution >= 4 is 22.5 Å². The van der Waals surface area contributed by atoms with Gasteiger partial charge in [0.1, 0.15) is 5.75 Å². The molecule has 3 nitrogen and oxygen atoms in total. The Morgan fingerprint density at radius 1 is 1.17 bits per heavy atom. The third-order valence-corrected chi connectivity index (χ3v) is 4.35. The molecule has 0 aliphatic rings. The average Bonchev–Trinajstić information content (AvgIpc) is 2.97. The van der Waals surface area contributed by atoms with Crippen molar-refractivity contribution in [3.05, 3.63) is 64.8 Å². The number of nitrogens with one attached hydrogen (secondary N) is 1. The molecule has 1 heterocycles. The van der Waals surface area contributed by atoms with Crippen LogP contribution in [0.15, 0.2) is 48.7 Å². The van der Waals surface area contributed by atoms with E-state index in [2.05, 4.69) is 17.1 Å². The normalized spacial score (nSPS) is 12.5. The Morgan fingerprint density at radius 3 is 2.65 bits per heavy atom. The largest absolute Gasteiger partial charge is 0.494 e. The quantitative estimate of drug-likeness (QED) is 0.699. The number of H-pyrrole nitrogens is 1. The summed E-state index contributed by atoms with van der Waals surface area (Å²) in [5.74, 6) is 1.15. The first kappa shape index (κ1) is 15.9. The molecule has 2 aromatic carbocycles. The number of aromatic amines is 1. The summed E-state index contributed by atoms with van der Waals surface area (Å²) >= 11 is 6.14. The van der Waals surface area contributed by atoms with E-state index in [9.17, 15) is 0 Å². The molecule has 0 bridgehead atoms. The van der Waals surface area contributed by atoms with Crippen molar-refractivity contribution in [2.45, 2.75) is 19.3 Å². The van der Waals surface area contributed by atoms with Gasteiger partial charge in [-0.25, -0.2) is 0 Å². The maximum atomic E-state index is 6.14. The van der Waals surface area contributed by atoms with E-state index in [1.807, 2.05) is 43.5 Å². The Labute approximate surface area is 141 Å². The molecule has 0 aliphatic heterocycles. The van der Waals surface area contributed by atoms with E-state index in [1.54, 1.807) is 0 Å². The second-order valence-electron chi connectivity index (χ2n) is 5.65. The van der Waals surface area contributed by atoms with Crippen LogP contribution in [0.5, 0.6) is 5.75 Å². The highest BCUT2D eigenvalue weighted by Gasteiger charge is 2.15. The molecule has 120 valence electrons. The first-order valence-electron chi connectivity index (χ1n) is 7.89. The minimum absolute atomic E-state index is 0.250. The molecule has 0 spiro atoms. The highest BCUT2D eigenvalue weighted by Crippen LogP contribution is 2.30. The zero-order chi connectivity index (χ0) is 16.2. The van der Waals surface area contributed by atoms with Gasteiger partial charge in [-0.3, -0.25) is 0 Å². The van der Waals surface area contributed by atoms with Crippen molar-refractivity contribution in [1.82, 2.24) is 4.98 Å². The monoisotopic (exact) mass is 328 g/mol. The number of halogens is 1. The fraction of sp³-hybridized carbons (Fsp3) is 0.263. The van der Waals surface area contributed by atoms with E-state index < -0.39 is 0 Å². The van der Waals surface area contributed by atoms with Crippen molar-refractivity contribution in [3.63, 3.8) is 0 Å². The van der Waals surface area contributed by atoms with Crippen LogP contribution in [0.4, 0.5) is 0 Å². The van der Waals surface area contributed by atoms with E-state index >= 15 is 0 Å². The van der Waals surface area contributed by atoms with Gasteiger partial charge >= 0.3 is 0 Å². The van der Waals surface area contributed by atoms with Gasteiger partial charge in [-0.1, -0.05) is 23.7 Å². The van der Waals surface area contributed by atoms with Crippen LogP contribution in [0.1, 0.15) is 24.0 Å². The number of ether oxygens (including phenoxy) is 1. The molecule has 1 atom stereocenters. The highest BCUT2D eigenvalue weighted by atomic mass is 35.5. The standard InChI is InChI=1S/C19H21ClN2O/c1-2-23-16-6-3-13(4-7-16)9-14(11-21)18-12-22-19-8-5-15(20)10-17(18)19/h3-8,10,12,14,22H,2,9,11,21H2,1H3. The zero-order valence-corrected chi connectivity index (χ0v) is 13.9. The molecule has 0 saturated heterocycles. The molecule has 23 heavy (non-hydrogen) atoms. The second-order valence-corrected chi connectivity index (χ2v) is 6.08. The summed E-state index contributed by atoms with van der Waals surface area (Å²) < 4.78 is 5.49. The lowest BCUT2D eigenvalue weighted by atomic mass is 9.92. The Morgan fingerprint density at radius 2 is 1.96 bits per heavy atom. The summed E-state index contributed by atoms with van der Waals surface area (Å²) in [6.07, 6.45) is 2.94. The van der Waals surface area contributed by atoms with E-state index in [4.69, 9.17) is 22.1 Å². The van der Waals surface area contributed by atoms with E-state index in [-0.39, 0.29) is 5.92 Å². The lowest BCUT2D eigenvalue weighted by molar-refractivity contribution is 0.340. The second kappa shape index (κ2) is 7.07. The van der Waals surface area contributed by atoms with Crippen LogP contribution in [-0.4, -0.2) is 18.1 Å². The van der Waals surface area contributed by atoms with E-state index in [1.165, 1.54) is 11.1 Å². The topological polar surface area (TPSA) is 51.0 Å². The Hall–Kier alpha value is -1.97. The van der Waals surface area contributed by atoms with Gasteiger partial charge in [-0.2, -0.15) is 0 Å². The van der Waals surface area contributed by atoms with E-state index in [0.29, 0.717) is 13.2 Å². The molecule has 1 aromatic heterocycles. The van der Waals surface area contributed by atoms with Gasteiger partial charge in [0.15, 0.2) is 0 Å². The van der Waals surface area contributed by atoms with Crippen LogP contribution in [0.25, 0.3) is 10.9 Å². The molecule has 1 unspecified atom stereocenters. The predicted octanol–water partition coefficient (Wildman–Crippen LogP) is 4.51. The Balaban J connectivity index is 1.85. The first-order chi connectivity index (χ1) is 11.2. The smallest absolute Gasteiger partial charge is 0.119 e. The molecule has 0 saturated carbocycles. The van der Waals surface area contributed by atoms with Crippen molar-refractivity contribution in [1.29, 1.82) is 0 Å². The molecule has 0 fully saturated rings. The van der Waals surface area contributed by atoms with Gasteiger partial charge in [0.05, 0.1) is 6.61 Å². The number of fused-ring (bicyclic) bond motifs is 1. The molecule has 0 radical (unpaired) electrons. The summed E-state index contributed by atoms with van der Waals surface area (Å²) in [5, 5.41) is 1.90. The molecular weight excluding hydrogens is 308 g/mol. The average molecular weight is 329 g/mol. The van der Waals surface area contributed by atoms with Gasteiger partial charge in [-0.15, -0.1) is 0 Å². The van der Waals surface area contributed by atoms with Crippen LogP contribution in [0, 0.1) is 0 Å². The Kier molecular flexibility index (Phi) is 4.89. The number of hydrogen-bond acceptors (Lipinski definition) is 2. The van der Waals surface area contributed by atoms with Gasteiger partial charge in [-0.05, 0) is 61.3 Å². The lowest BCUT2D eigenvalue weighted by Crippen LogP contribution is -2.14. The summed E-state index contributed by atoms with van der Waals surface area (Å²) in [6.45, 7) is 3.26. The zero-order valence-electron chi connectivity index (χ0n) is 13.2. The molecule has 0 aliphatic carbocycles. The van der Waals surface area contributed by atoms with Crippen LogP contribution in [-0.2, 0) is 6.42 Å². The summed E-state index contributed by atoms with van der Waals surface area (Å²) in [6, 6.07) is 14.1. The molecule has 4 heteroatoms. The minimum atomic E-state index is 0.250. The summed E-state index contributed by atoms with van der Waals surface area (Å²) in [7, 11) is 0. The molecule has 3 rings (SSSR count). The van der Waals surface area contributed by atoms with Gasteiger partial charge in [0, 0.05) is 28.0 Å². The molecule has 3 N–H and O–H groups in total. The molecule has 3 aromatic rings. The predicted molar refractivity (Wildman–Crippen MR) is 96.4 cm³/mol. The fourth-order valence-electron chi connectivity index (χ4n) is 2.95. The fourth-order valence-corrected chi connectivity index (χ4v) is 3.12. The van der Waals surface area contributed by atoms with Crippen LogP contribution >= 0.6 is 11.6 Å². The van der Waals surface area contributed by atoms with Crippen LogP contribution < -0.4 is 10.5 Å². The van der Waals surface area contributed by atoms with E-state index in [0.717, 1.165) is 28.1 Å². The van der Waals surface area contributed by atoms with Crippen molar-refractivity contribution in [2.24, 2.45) is 5.73 Å². The van der Waals surface area contributed by atoms with Crippen molar-refractivity contribution in [2.75, 3.05) is 13.2 Å². The number of benzene rings is 2. The number of nitrogens with two attached hydrogens (primary N) is 1. The summed E-state index contributed by atoms with van der Waals surface area (Å²) in [5.41, 5.74) is 9.61. The summed E-state index contributed by atoms with van der Waals surface area (Å²) in [4.78, 5) is 3.31. The van der Waals surface area contributed by atoms with Crippen LogP contribution in [0.3, 0.4) is 0 Å². The van der Waals surface area contributed by atoms with Crippen molar-refractivity contribution < 1.29 is 4.74 Å². The van der Waals surface area contributed by atoms with Gasteiger partial charge < -0.3 is 15.5 Å². The number of hydrogen-bond donors (Lipinski definition) is 2. The van der Waals surface area contributed by atoms with Crippen LogP contribution in [0.2, 0.25) is 5.02 Å². The molecule has 0 amide bonds. The molecular formula is C19H21ClN2O. The number of rotatable bonds is 6. The van der Waals surface area contributed by atoms with Gasteiger partial charge in [0.2, 0.25) is 0 Å². The highest BCUT2D eigenvalue weighted by molar-refractivity contribution is 6.31. The SMILES string of the molecule is CCOc1ccc(CC(CN)c2c[nH]c3ccc(Cl)cc23)cc1. The van der Waals surface area contributed by atoms with Crippen molar-refractivity contribution in [3.8, 4) is 5.75 Å². The lowest BCUT2D eigenvalue weighted by Gasteiger charge is -2.15. The maximum absolute atomic E-state index is 6.14. The Bertz CT molecular complexity index is 780. The number of aromatic nitrogens is 1. The third-order valence-electron chi connectivity index (χ3n) is 4.12. The minimum Gasteiger partial charge on any atom is -0.494 e. The first-order valence-corrected chi connectivity index (χ1v) is 8.27. The maximum Gasteiger partial charge on any atom is 0.119 e. The van der Waals surface area contributed by atoms with Gasteiger partial charge in [0.25, 0.3) is 0 Å². The third kappa shape index (κ3) is 3.52.